The third-order valence-electron chi connectivity index (χ3n) is 6.53. The van der Waals surface area contributed by atoms with Crippen molar-refractivity contribution in [2.45, 2.75) is 12.5 Å². The van der Waals surface area contributed by atoms with E-state index in [4.69, 9.17) is 47.4 Å². The molecule has 9 nitrogen and oxygen atoms in total. The zero-order valence-corrected chi connectivity index (χ0v) is 22.8. The summed E-state index contributed by atoms with van der Waals surface area (Å²) in [5, 5.41) is 4.64. The third-order valence-corrected chi connectivity index (χ3v) is 7.29. The molecule has 1 saturated heterocycles. The Hall–Kier alpha value is -3.79. The van der Waals surface area contributed by atoms with E-state index >= 15 is 0 Å². The van der Waals surface area contributed by atoms with Gasteiger partial charge in [0.15, 0.2) is 5.78 Å². The van der Waals surface area contributed by atoms with Crippen LogP contribution in [0, 0.1) is 5.92 Å². The van der Waals surface area contributed by atoms with E-state index in [1.54, 1.807) is 24.7 Å². The zero-order valence-electron chi connectivity index (χ0n) is 21.3. The van der Waals surface area contributed by atoms with Crippen molar-refractivity contribution in [1.29, 1.82) is 0 Å². The van der Waals surface area contributed by atoms with Gasteiger partial charge in [0, 0.05) is 53.5 Å². The van der Waals surface area contributed by atoms with Gasteiger partial charge in [0.1, 0.15) is 17.0 Å². The Morgan fingerprint density at radius 2 is 1.92 bits per heavy atom. The first-order valence-corrected chi connectivity index (χ1v) is 12.9. The normalized spacial score (nSPS) is 16.7. The number of halogens is 2. The maximum absolute atomic E-state index is 11.9. The fraction of sp³-hybridized carbons (Fsp3) is 0.250. The number of methoxy groups -OCH3 is 2. The lowest BCUT2D eigenvalue weighted by Gasteiger charge is -2.19. The second kappa shape index (κ2) is 11.5. The van der Waals surface area contributed by atoms with E-state index in [0.717, 1.165) is 5.56 Å². The van der Waals surface area contributed by atoms with Crippen molar-refractivity contribution in [3.05, 3.63) is 65.6 Å². The number of nitrogens with zero attached hydrogens (tertiary/aromatic N) is 4. The molecule has 5 rings (SSSR count). The molecule has 4 aromatic rings. The minimum atomic E-state index is -0.123. The summed E-state index contributed by atoms with van der Waals surface area (Å²) in [6.45, 7) is 4.48. The van der Waals surface area contributed by atoms with Gasteiger partial charge in [0.05, 0.1) is 54.9 Å². The van der Waals surface area contributed by atoms with Crippen LogP contribution in [0.5, 0.6) is 11.5 Å². The topological polar surface area (TPSA) is 108 Å². The van der Waals surface area contributed by atoms with Crippen molar-refractivity contribution in [3.8, 4) is 34.0 Å². The molecule has 0 unspecified atom stereocenters. The van der Waals surface area contributed by atoms with Crippen LogP contribution in [-0.2, 0) is 9.53 Å². The molecule has 0 radical (unpaired) electrons. The highest BCUT2D eigenvalue weighted by Crippen LogP contribution is 2.46. The molecule has 2 atom stereocenters. The standard InChI is InChI=1S/C28H25Cl2N5O4/c1-4-18(36)8-17-13-39-14-20(17)34-28-32-12-16-9-19(23-24(29)21(37-2)10-22(38-3)25(23)30)33-26(27(16)35-28)15-6-5-7-31-11-15/h4-7,9-12,17,20H,1,8,13-14H2,2-3H3,(H,32,34,35)/t17-,20+/m0/s1. The van der Waals surface area contributed by atoms with Crippen LogP contribution in [0.4, 0.5) is 5.95 Å². The van der Waals surface area contributed by atoms with Crippen molar-refractivity contribution in [3.63, 3.8) is 0 Å². The summed E-state index contributed by atoms with van der Waals surface area (Å²) >= 11 is 13.4. The molecule has 0 bridgehead atoms. The highest BCUT2D eigenvalue weighted by atomic mass is 35.5. The number of anilines is 1. The monoisotopic (exact) mass is 565 g/mol. The van der Waals surface area contributed by atoms with E-state index in [2.05, 4.69) is 21.9 Å². The molecule has 4 heterocycles. The lowest BCUT2D eigenvalue weighted by atomic mass is 9.97. The number of hydrogen-bond acceptors (Lipinski definition) is 9. The minimum Gasteiger partial charge on any atom is -0.495 e. The first kappa shape index (κ1) is 26.8. The largest absolute Gasteiger partial charge is 0.495 e. The number of aromatic nitrogens is 4. The quantitative estimate of drug-likeness (QED) is 0.257. The fourth-order valence-corrected chi connectivity index (χ4v) is 5.21. The average molecular weight is 566 g/mol. The summed E-state index contributed by atoms with van der Waals surface area (Å²) in [5.41, 5.74) is 2.86. The number of benzene rings is 1. The highest BCUT2D eigenvalue weighted by Gasteiger charge is 2.30. The van der Waals surface area contributed by atoms with Crippen LogP contribution < -0.4 is 14.8 Å². The molecule has 1 aliphatic rings. The van der Waals surface area contributed by atoms with Gasteiger partial charge in [0.2, 0.25) is 5.95 Å². The first-order chi connectivity index (χ1) is 18.9. The van der Waals surface area contributed by atoms with Crippen molar-refractivity contribution in [1.82, 2.24) is 19.9 Å². The lowest BCUT2D eigenvalue weighted by Crippen LogP contribution is -2.30. The molecule has 0 aliphatic carbocycles. The number of nitrogens with one attached hydrogen (secondary N) is 1. The highest BCUT2D eigenvalue weighted by molar-refractivity contribution is 6.41. The summed E-state index contributed by atoms with van der Waals surface area (Å²) in [6, 6.07) is 7.03. The van der Waals surface area contributed by atoms with Crippen LogP contribution in [0.3, 0.4) is 0 Å². The van der Waals surface area contributed by atoms with Gasteiger partial charge < -0.3 is 19.5 Å². The van der Waals surface area contributed by atoms with E-state index in [-0.39, 0.29) is 17.7 Å². The molecule has 39 heavy (non-hydrogen) atoms. The Bertz CT molecular complexity index is 1520. The summed E-state index contributed by atoms with van der Waals surface area (Å²) in [6.07, 6.45) is 6.77. The summed E-state index contributed by atoms with van der Waals surface area (Å²) in [4.78, 5) is 30.5. The predicted molar refractivity (Wildman–Crippen MR) is 151 cm³/mol. The lowest BCUT2D eigenvalue weighted by molar-refractivity contribution is -0.115. The van der Waals surface area contributed by atoms with Gasteiger partial charge in [-0.1, -0.05) is 29.8 Å². The number of rotatable bonds is 9. The van der Waals surface area contributed by atoms with E-state index in [9.17, 15) is 4.79 Å². The predicted octanol–water partition coefficient (Wildman–Crippen LogP) is 5.65. The van der Waals surface area contributed by atoms with Gasteiger partial charge in [-0.3, -0.25) is 9.78 Å². The van der Waals surface area contributed by atoms with E-state index < -0.39 is 0 Å². The molecular weight excluding hydrogens is 541 g/mol. The summed E-state index contributed by atoms with van der Waals surface area (Å²) < 4.78 is 16.5. The van der Waals surface area contributed by atoms with Crippen LogP contribution in [0.1, 0.15) is 6.42 Å². The number of ether oxygens (including phenoxy) is 3. The molecule has 1 N–H and O–H groups in total. The van der Waals surface area contributed by atoms with Gasteiger partial charge in [-0.15, -0.1) is 0 Å². The summed E-state index contributed by atoms with van der Waals surface area (Å²) in [7, 11) is 3.03. The zero-order chi connectivity index (χ0) is 27.5. The van der Waals surface area contributed by atoms with Crippen LogP contribution in [0.2, 0.25) is 10.0 Å². The third kappa shape index (κ3) is 5.38. The molecule has 200 valence electrons. The van der Waals surface area contributed by atoms with Gasteiger partial charge in [0.25, 0.3) is 0 Å². The molecule has 1 fully saturated rings. The van der Waals surface area contributed by atoms with E-state index in [0.29, 0.717) is 75.0 Å². The Balaban J connectivity index is 1.63. The Labute approximate surface area is 235 Å². The van der Waals surface area contributed by atoms with Crippen molar-refractivity contribution in [2.24, 2.45) is 5.92 Å². The second-order valence-electron chi connectivity index (χ2n) is 8.94. The summed E-state index contributed by atoms with van der Waals surface area (Å²) in [5.74, 6) is 1.15. The number of ketones is 1. The number of allylic oxidation sites excluding steroid dienone is 1. The molecule has 11 heteroatoms. The van der Waals surface area contributed by atoms with Crippen molar-refractivity contribution >= 4 is 45.8 Å². The SMILES string of the molecule is C=CC(=O)C[C@H]1COC[C@H]1Nc1ncc2cc(-c3c(Cl)c(OC)cc(OC)c3Cl)nc(-c3cccnc3)c2n1. The molecule has 3 aromatic heterocycles. The van der Waals surface area contributed by atoms with Crippen LogP contribution >= 0.6 is 23.2 Å². The smallest absolute Gasteiger partial charge is 0.223 e. The molecule has 1 aromatic carbocycles. The van der Waals surface area contributed by atoms with E-state index in [1.807, 2.05) is 18.2 Å². The number of carbonyl (C=O) groups excluding carboxylic acids is 1. The van der Waals surface area contributed by atoms with Crippen molar-refractivity contribution < 1.29 is 19.0 Å². The Morgan fingerprint density at radius 3 is 2.59 bits per heavy atom. The van der Waals surface area contributed by atoms with E-state index in [1.165, 1.54) is 20.3 Å². The Kier molecular flexibility index (Phi) is 7.92. The number of carbonyl (C=O) groups is 1. The van der Waals surface area contributed by atoms with Crippen LogP contribution in [0.25, 0.3) is 33.4 Å². The Morgan fingerprint density at radius 1 is 1.15 bits per heavy atom. The average Bonchev–Trinajstić information content (AvgIpc) is 3.39. The minimum absolute atomic E-state index is 0.0135. The molecule has 0 saturated carbocycles. The second-order valence-corrected chi connectivity index (χ2v) is 9.69. The number of fused-ring (bicyclic) bond motifs is 1. The first-order valence-electron chi connectivity index (χ1n) is 12.1. The molecule has 0 spiro atoms. The molecular formula is C28H25Cl2N5O4. The number of hydrogen-bond donors (Lipinski definition) is 1. The van der Waals surface area contributed by atoms with Crippen LogP contribution in [0.15, 0.2) is 55.5 Å². The number of pyridine rings is 2. The maximum Gasteiger partial charge on any atom is 0.223 e. The fourth-order valence-electron chi connectivity index (χ4n) is 4.52. The molecule has 1 aliphatic heterocycles. The van der Waals surface area contributed by atoms with Gasteiger partial charge in [-0.05, 0) is 24.3 Å². The van der Waals surface area contributed by atoms with Crippen LogP contribution in [-0.4, -0.2) is 59.2 Å². The van der Waals surface area contributed by atoms with Gasteiger partial charge >= 0.3 is 0 Å². The van der Waals surface area contributed by atoms with Crippen molar-refractivity contribution in [2.75, 3.05) is 32.8 Å². The molecule has 0 amide bonds. The van der Waals surface area contributed by atoms with Gasteiger partial charge in [-0.2, -0.15) is 0 Å². The van der Waals surface area contributed by atoms with Gasteiger partial charge in [-0.25, -0.2) is 15.0 Å². The maximum atomic E-state index is 11.9.